The number of ether oxygens (including phenoxy) is 1. The van der Waals surface area contributed by atoms with Crippen molar-refractivity contribution in [2.45, 2.75) is 6.92 Å². The van der Waals surface area contributed by atoms with Crippen LogP contribution in [0.3, 0.4) is 0 Å². The van der Waals surface area contributed by atoms with Gasteiger partial charge in [0.2, 0.25) is 0 Å². The minimum Gasteiger partial charge on any atom is -0.496 e. The highest BCUT2D eigenvalue weighted by molar-refractivity contribution is 7.14. The van der Waals surface area contributed by atoms with Crippen LogP contribution in [-0.2, 0) is 0 Å². The van der Waals surface area contributed by atoms with E-state index >= 15 is 0 Å². The quantitative estimate of drug-likeness (QED) is 0.888. The molecule has 1 aromatic heterocycles. The van der Waals surface area contributed by atoms with Crippen LogP contribution in [0.15, 0.2) is 23.7 Å². The lowest BCUT2D eigenvalue weighted by molar-refractivity contribution is 0.0692. The van der Waals surface area contributed by atoms with E-state index in [4.69, 9.17) is 9.84 Å². The maximum atomic E-state index is 10.9. The number of carboxylic acids is 1. The molecule has 18 heavy (non-hydrogen) atoms. The molecule has 0 unspecified atom stereocenters. The fraction of sp³-hybridized carbons (Fsp3) is 0.167. The van der Waals surface area contributed by atoms with E-state index in [9.17, 15) is 4.79 Å². The number of carbonyl (C=O) groups is 1. The Morgan fingerprint density at radius 3 is 2.89 bits per heavy atom. The average Bonchev–Trinajstić information content (AvgIpc) is 2.77. The van der Waals surface area contributed by atoms with E-state index in [1.54, 1.807) is 7.11 Å². The van der Waals surface area contributed by atoms with E-state index in [0.29, 0.717) is 5.00 Å². The van der Waals surface area contributed by atoms with Crippen LogP contribution in [-0.4, -0.2) is 23.2 Å². The van der Waals surface area contributed by atoms with Gasteiger partial charge in [0.15, 0.2) is 5.69 Å². The molecule has 6 heteroatoms. The SMILES string of the molecule is COc1ccc(Nc2scnc2C(=O)O)cc1C. The van der Waals surface area contributed by atoms with Gasteiger partial charge in [0.05, 0.1) is 12.6 Å². The second-order valence-corrected chi connectivity index (χ2v) is 4.50. The summed E-state index contributed by atoms with van der Waals surface area (Å²) in [4.78, 5) is 14.7. The first-order valence-corrected chi connectivity index (χ1v) is 6.08. The van der Waals surface area contributed by atoms with E-state index in [2.05, 4.69) is 10.3 Å². The molecule has 2 N–H and O–H groups in total. The average molecular weight is 264 g/mol. The molecule has 0 aliphatic carbocycles. The molecule has 1 heterocycles. The van der Waals surface area contributed by atoms with Crippen LogP contribution in [0.5, 0.6) is 5.75 Å². The van der Waals surface area contributed by atoms with Crippen LogP contribution < -0.4 is 10.1 Å². The summed E-state index contributed by atoms with van der Waals surface area (Å²) >= 11 is 1.25. The number of nitrogens with zero attached hydrogens (tertiary/aromatic N) is 1. The number of benzene rings is 1. The molecular weight excluding hydrogens is 252 g/mol. The van der Waals surface area contributed by atoms with Crippen molar-refractivity contribution in [1.82, 2.24) is 4.98 Å². The van der Waals surface area contributed by atoms with Crippen molar-refractivity contribution in [3.63, 3.8) is 0 Å². The highest BCUT2D eigenvalue weighted by Crippen LogP contribution is 2.28. The molecule has 0 amide bonds. The molecule has 0 atom stereocenters. The zero-order valence-electron chi connectivity index (χ0n) is 9.93. The zero-order chi connectivity index (χ0) is 13.1. The van der Waals surface area contributed by atoms with Gasteiger partial charge >= 0.3 is 5.97 Å². The molecule has 0 bridgehead atoms. The fourth-order valence-corrected chi connectivity index (χ4v) is 2.27. The molecule has 5 nitrogen and oxygen atoms in total. The summed E-state index contributed by atoms with van der Waals surface area (Å²) in [7, 11) is 1.61. The van der Waals surface area contributed by atoms with Crippen molar-refractivity contribution >= 4 is 28.0 Å². The summed E-state index contributed by atoms with van der Waals surface area (Å²) in [6.07, 6.45) is 0. The van der Waals surface area contributed by atoms with E-state index < -0.39 is 5.97 Å². The number of hydrogen-bond acceptors (Lipinski definition) is 5. The van der Waals surface area contributed by atoms with Crippen LogP contribution in [0.2, 0.25) is 0 Å². The Labute approximate surface area is 108 Å². The largest absolute Gasteiger partial charge is 0.496 e. The van der Waals surface area contributed by atoms with Gasteiger partial charge in [0.25, 0.3) is 0 Å². The van der Waals surface area contributed by atoms with Gasteiger partial charge in [0, 0.05) is 5.69 Å². The standard InChI is InChI=1S/C12H12N2O3S/c1-7-5-8(3-4-9(7)17-2)14-11-10(12(15)16)13-6-18-11/h3-6,14H,1-2H3,(H,15,16). The summed E-state index contributed by atoms with van der Waals surface area (Å²) in [5.74, 6) is -0.243. The number of thiazole rings is 1. The van der Waals surface area contributed by atoms with Crippen molar-refractivity contribution in [2.75, 3.05) is 12.4 Å². The monoisotopic (exact) mass is 264 g/mol. The topological polar surface area (TPSA) is 71.5 Å². The number of carboxylic acid groups (broad SMARTS) is 1. The molecule has 0 aliphatic rings. The van der Waals surface area contributed by atoms with Crippen molar-refractivity contribution in [3.05, 3.63) is 35.0 Å². The Morgan fingerprint density at radius 1 is 1.50 bits per heavy atom. The lowest BCUT2D eigenvalue weighted by Crippen LogP contribution is -2.01. The maximum Gasteiger partial charge on any atom is 0.357 e. The molecular formula is C12H12N2O3S. The normalized spacial score (nSPS) is 10.1. The predicted octanol–water partition coefficient (Wildman–Crippen LogP) is 2.90. The van der Waals surface area contributed by atoms with Gasteiger partial charge in [-0.15, -0.1) is 11.3 Å². The van der Waals surface area contributed by atoms with Gasteiger partial charge in [-0.3, -0.25) is 0 Å². The number of anilines is 2. The van der Waals surface area contributed by atoms with Gasteiger partial charge in [-0.1, -0.05) is 0 Å². The van der Waals surface area contributed by atoms with Crippen LogP contribution >= 0.6 is 11.3 Å². The predicted molar refractivity (Wildman–Crippen MR) is 70.1 cm³/mol. The summed E-state index contributed by atoms with van der Waals surface area (Å²) in [6, 6.07) is 5.56. The smallest absolute Gasteiger partial charge is 0.357 e. The first-order valence-electron chi connectivity index (χ1n) is 5.20. The molecule has 2 aromatic rings. The summed E-state index contributed by atoms with van der Waals surface area (Å²) in [5.41, 5.74) is 3.32. The second kappa shape index (κ2) is 5.05. The Hall–Kier alpha value is -2.08. The molecule has 0 aliphatic heterocycles. The molecule has 1 aromatic carbocycles. The van der Waals surface area contributed by atoms with Gasteiger partial charge < -0.3 is 15.2 Å². The maximum absolute atomic E-state index is 10.9. The lowest BCUT2D eigenvalue weighted by Gasteiger charge is -2.08. The number of hydrogen-bond donors (Lipinski definition) is 2. The summed E-state index contributed by atoms with van der Waals surface area (Å²) < 4.78 is 5.17. The third-order valence-corrected chi connectivity index (χ3v) is 3.16. The number of methoxy groups -OCH3 is 1. The summed E-state index contributed by atoms with van der Waals surface area (Å²) in [6.45, 7) is 1.93. The molecule has 0 spiro atoms. The minimum absolute atomic E-state index is 0.0356. The Morgan fingerprint density at radius 2 is 2.28 bits per heavy atom. The number of aromatic carboxylic acids is 1. The highest BCUT2D eigenvalue weighted by Gasteiger charge is 2.13. The number of rotatable bonds is 4. The Bertz CT molecular complexity index is 580. The van der Waals surface area contributed by atoms with Crippen LogP contribution in [0.1, 0.15) is 16.1 Å². The van der Waals surface area contributed by atoms with E-state index in [0.717, 1.165) is 17.0 Å². The van der Waals surface area contributed by atoms with Gasteiger partial charge in [-0.2, -0.15) is 0 Å². The Kier molecular flexibility index (Phi) is 3.47. The third kappa shape index (κ3) is 2.43. The number of aryl methyl sites for hydroxylation is 1. The molecule has 2 rings (SSSR count). The second-order valence-electron chi connectivity index (χ2n) is 3.64. The molecule has 94 valence electrons. The van der Waals surface area contributed by atoms with Gasteiger partial charge in [-0.05, 0) is 30.7 Å². The number of nitrogens with one attached hydrogen (secondary N) is 1. The highest BCUT2D eigenvalue weighted by atomic mass is 32.1. The van der Waals surface area contributed by atoms with E-state index in [1.165, 1.54) is 16.8 Å². The van der Waals surface area contributed by atoms with Gasteiger partial charge in [-0.25, -0.2) is 9.78 Å². The lowest BCUT2D eigenvalue weighted by atomic mass is 10.2. The van der Waals surface area contributed by atoms with Crippen LogP contribution in [0.4, 0.5) is 10.7 Å². The first-order chi connectivity index (χ1) is 8.61. The van der Waals surface area contributed by atoms with E-state index in [1.807, 2.05) is 25.1 Å². The molecule has 0 saturated carbocycles. The fourth-order valence-electron chi connectivity index (χ4n) is 1.57. The van der Waals surface area contributed by atoms with Crippen LogP contribution in [0, 0.1) is 6.92 Å². The van der Waals surface area contributed by atoms with Crippen molar-refractivity contribution in [1.29, 1.82) is 0 Å². The van der Waals surface area contributed by atoms with E-state index in [-0.39, 0.29) is 5.69 Å². The van der Waals surface area contributed by atoms with Crippen molar-refractivity contribution in [3.8, 4) is 5.75 Å². The van der Waals surface area contributed by atoms with Gasteiger partial charge in [0.1, 0.15) is 10.8 Å². The first kappa shape index (κ1) is 12.4. The summed E-state index contributed by atoms with van der Waals surface area (Å²) in [5, 5.41) is 12.5. The molecule has 0 fully saturated rings. The van der Waals surface area contributed by atoms with Crippen molar-refractivity contribution < 1.29 is 14.6 Å². The van der Waals surface area contributed by atoms with Crippen molar-refractivity contribution in [2.24, 2.45) is 0 Å². The minimum atomic E-state index is -1.04. The molecule has 0 saturated heterocycles. The Balaban J connectivity index is 2.26. The zero-order valence-corrected chi connectivity index (χ0v) is 10.7. The third-order valence-electron chi connectivity index (χ3n) is 2.42. The number of aromatic nitrogens is 1. The van der Waals surface area contributed by atoms with Crippen LogP contribution in [0.25, 0.3) is 0 Å². The molecule has 0 radical (unpaired) electrons.